The minimum absolute atomic E-state index is 0.0782. The molecule has 0 saturated heterocycles. The molecule has 0 radical (unpaired) electrons. The van der Waals surface area contributed by atoms with E-state index in [4.69, 9.17) is 0 Å². The number of amides is 1. The van der Waals surface area contributed by atoms with Crippen molar-refractivity contribution < 1.29 is 15.0 Å². The van der Waals surface area contributed by atoms with E-state index in [1.165, 1.54) is 212 Å². The van der Waals surface area contributed by atoms with E-state index in [0.717, 1.165) is 51.4 Å². The number of nitrogens with one attached hydrogen (secondary N) is 1. The van der Waals surface area contributed by atoms with Gasteiger partial charge in [0.2, 0.25) is 5.91 Å². The molecule has 0 aromatic carbocycles. The molecule has 372 valence electrons. The monoisotopic (exact) mass is 892 g/mol. The normalized spacial score (nSPS) is 13.4. The molecule has 0 rings (SSSR count). The minimum Gasteiger partial charge on any atom is -0.394 e. The Bertz CT molecular complexity index is 1100. The molecule has 0 aliphatic heterocycles. The first-order valence-corrected chi connectivity index (χ1v) is 28.2. The van der Waals surface area contributed by atoms with Gasteiger partial charge >= 0.3 is 0 Å². The maximum Gasteiger partial charge on any atom is 0.220 e. The van der Waals surface area contributed by atoms with Crippen molar-refractivity contribution in [2.45, 2.75) is 296 Å². The predicted molar refractivity (Wildman–Crippen MR) is 285 cm³/mol. The third kappa shape index (κ3) is 50.8. The fraction of sp³-hybridized carbons (Fsp3) is 0.783. The van der Waals surface area contributed by atoms with Crippen molar-refractivity contribution in [2.24, 2.45) is 0 Å². The summed E-state index contributed by atoms with van der Waals surface area (Å²) in [6, 6.07) is -0.650. The highest BCUT2D eigenvalue weighted by Gasteiger charge is 2.18. The second-order valence-corrected chi connectivity index (χ2v) is 19.0. The van der Waals surface area contributed by atoms with E-state index in [1.54, 1.807) is 6.08 Å². The molecule has 2 unspecified atom stereocenters. The van der Waals surface area contributed by atoms with Crippen LogP contribution in [-0.2, 0) is 4.79 Å². The molecule has 0 heterocycles. The van der Waals surface area contributed by atoms with Crippen LogP contribution in [0.2, 0.25) is 0 Å². The lowest BCUT2D eigenvalue weighted by Crippen LogP contribution is -2.45. The lowest BCUT2D eigenvalue weighted by Gasteiger charge is -2.19. The molecule has 0 bridgehead atoms. The number of allylic oxidation sites excluding steroid dienone is 11. The molecule has 0 aromatic heterocycles. The van der Waals surface area contributed by atoms with Gasteiger partial charge in [-0.15, -0.1) is 0 Å². The Hall–Kier alpha value is -2.17. The summed E-state index contributed by atoms with van der Waals surface area (Å²) in [5, 5.41) is 23.1. The zero-order chi connectivity index (χ0) is 46.3. The van der Waals surface area contributed by atoms with E-state index in [2.05, 4.69) is 79.9 Å². The van der Waals surface area contributed by atoms with Gasteiger partial charge in [0.1, 0.15) is 0 Å². The van der Waals surface area contributed by atoms with Crippen LogP contribution in [0.15, 0.2) is 72.9 Å². The average Bonchev–Trinajstić information content (AvgIpc) is 3.30. The molecule has 1 amide bonds. The molecule has 0 saturated carbocycles. The number of hydrogen-bond acceptors (Lipinski definition) is 3. The Morgan fingerprint density at radius 1 is 0.375 bits per heavy atom. The van der Waals surface area contributed by atoms with Crippen molar-refractivity contribution in [3.63, 3.8) is 0 Å². The molecule has 3 N–H and O–H groups in total. The second-order valence-electron chi connectivity index (χ2n) is 19.0. The van der Waals surface area contributed by atoms with Gasteiger partial charge in [-0.05, 0) is 83.5 Å². The summed E-state index contributed by atoms with van der Waals surface area (Å²) in [6.45, 7) is 4.30. The summed E-state index contributed by atoms with van der Waals surface area (Å²) < 4.78 is 0. The van der Waals surface area contributed by atoms with Crippen LogP contribution in [0.5, 0.6) is 0 Å². The summed E-state index contributed by atoms with van der Waals surface area (Å²) in [7, 11) is 0. The maximum absolute atomic E-state index is 12.5. The standard InChI is InChI=1S/C60H109NO3/c1-3-5-7-9-11-13-15-17-19-21-23-25-27-28-29-30-31-32-34-36-38-40-42-44-46-48-50-52-54-56-60(64)61-58(57-62)59(63)55-53-51-49-47-45-43-41-39-37-35-33-26-24-22-20-18-16-14-12-10-8-6-4-2/h15,17,21,23,27-28,37,39,45,47,53,55,58-59,62-63H,3-14,16,18-20,22,24-26,29-36,38,40-44,46,48-52,54,56-57H2,1-2H3,(H,61,64)/b17-15-,23-21-,28-27-,39-37+,47-45+,55-53+. The van der Waals surface area contributed by atoms with Crippen molar-refractivity contribution in [2.75, 3.05) is 6.61 Å². The molecule has 0 aliphatic carbocycles. The number of aliphatic hydroxyl groups is 2. The molecular weight excluding hydrogens is 783 g/mol. The number of carbonyl (C=O) groups excluding carboxylic acids is 1. The predicted octanol–water partition coefficient (Wildman–Crippen LogP) is 18.6. The maximum atomic E-state index is 12.5. The highest BCUT2D eigenvalue weighted by atomic mass is 16.3. The number of unbranched alkanes of at least 4 members (excludes halogenated alkanes) is 34. The first-order chi connectivity index (χ1) is 31.7. The van der Waals surface area contributed by atoms with Gasteiger partial charge in [-0.25, -0.2) is 0 Å². The van der Waals surface area contributed by atoms with E-state index in [0.29, 0.717) is 6.42 Å². The Labute approximate surface area is 399 Å². The van der Waals surface area contributed by atoms with Crippen molar-refractivity contribution in [1.82, 2.24) is 5.32 Å². The quantitative estimate of drug-likeness (QED) is 0.0421. The number of carbonyl (C=O) groups is 1. The van der Waals surface area contributed by atoms with Gasteiger partial charge in [0.25, 0.3) is 0 Å². The van der Waals surface area contributed by atoms with Gasteiger partial charge in [-0.2, -0.15) is 0 Å². The Morgan fingerprint density at radius 2 is 0.656 bits per heavy atom. The highest BCUT2D eigenvalue weighted by Crippen LogP contribution is 2.16. The average molecular weight is 893 g/mol. The Balaban J connectivity index is 3.57. The van der Waals surface area contributed by atoms with Gasteiger partial charge in [-0.3, -0.25) is 4.79 Å². The summed E-state index contributed by atoms with van der Waals surface area (Å²) in [5.41, 5.74) is 0. The Kier molecular flexibility index (Phi) is 53.3. The van der Waals surface area contributed by atoms with Crippen LogP contribution in [0.4, 0.5) is 0 Å². The summed E-state index contributed by atoms with van der Waals surface area (Å²) in [6.07, 6.45) is 79.2. The third-order valence-electron chi connectivity index (χ3n) is 12.6. The van der Waals surface area contributed by atoms with Gasteiger partial charge in [0, 0.05) is 6.42 Å². The number of rotatable bonds is 51. The second kappa shape index (κ2) is 55.2. The van der Waals surface area contributed by atoms with Crippen molar-refractivity contribution in [1.29, 1.82) is 0 Å². The molecule has 0 aromatic rings. The SMILES string of the molecule is CCCCCCC/C=C\C/C=C\C/C=C\CCCCCCCCCCCCCCCCC(=O)NC(CO)C(O)/C=C/CC/C=C/CC/C=C/CCCCCCCCCCCCCCC. The van der Waals surface area contributed by atoms with E-state index in [1.807, 2.05) is 6.08 Å². The first-order valence-electron chi connectivity index (χ1n) is 28.2. The zero-order valence-electron chi connectivity index (χ0n) is 42.8. The van der Waals surface area contributed by atoms with Crippen LogP contribution in [-0.4, -0.2) is 34.9 Å². The number of aliphatic hydroxyl groups excluding tert-OH is 2. The van der Waals surface area contributed by atoms with Crippen molar-refractivity contribution >= 4 is 5.91 Å². The van der Waals surface area contributed by atoms with Gasteiger partial charge in [-0.1, -0.05) is 267 Å². The van der Waals surface area contributed by atoms with E-state index >= 15 is 0 Å². The van der Waals surface area contributed by atoms with Crippen LogP contribution in [0.25, 0.3) is 0 Å². The third-order valence-corrected chi connectivity index (χ3v) is 12.6. The topological polar surface area (TPSA) is 69.6 Å². The lowest BCUT2D eigenvalue weighted by molar-refractivity contribution is -0.123. The first kappa shape index (κ1) is 61.8. The molecule has 0 aliphatic rings. The molecular formula is C60H109NO3. The van der Waals surface area contributed by atoms with Crippen LogP contribution in [0.1, 0.15) is 284 Å². The zero-order valence-corrected chi connectivity index (χ0v) is 42.8. The summed E-state index contributed by atoms with van der Waals surface area (Å²) in [4.78, 5) is 12.5. The fourth-order valence-electron chi connectivity index (χ4n) is 8.34. The molecule has 64 heavy (non-hydrogen) atoms. The lowest BCUT2D eigenvalue weighted by atomic mass is 10.0. The molecule has 0 spiro atoms. The van der Waals surface area contributed by atoms with E-state index in [-0.39, 0.29) is 12.5 Å². The molecule has 2 atom stereocenters. The fourth-order valence-corrected chi connectivity index (χ4v) is 8.34. The van der Waals surface area contributed by atoms with Gasteiger partial charge in [0.05, 0.1) is 18.8 Å². The van der Waals surface area contributed by atoms with Gasteiger partial charge in [0.15, 0.2) is 0 Å². The van der Waals surface area contributed by atoms with Crippen molar-refractivity contribution in [3.05, 3.63) is 72.9 Å². The molecule has 4 nitrogen and oxygen atoms in total. The molecule has 0 fully saturated rings. The molecule has 4 heteroatoms. The Morgan fingerprint density at radius 3 is 1.02 bits per heavy atom. The van der Waals surface area contributed by atoms with Crippen LogP contribution in [0.3, 0.4) is 0 Å². The smallest absolute Gasteiger partial charge is 0.220 e. The minimum atomic E-state index is -0.874. The highest BCUT2D eigenvalue weighted by molar-refractivity contribution is 5.76. The van der Waals surface area contributed by atoms with Gasteiger partial charge < -0.3 is 15.5 Å². The van der Waals surface area contributed by atoms with Crippen LogP contribution >= 0.6 is 0 Å². The van der Waals surface area contributed by atoms with Crippen molar-refractivity contribution in [3.8, 4) is 0 Å². The van der Waals surface area contributed by atoms with Crippen LogP contribution < -0.4 is 5.32 Å². The number of hydrogen-bond donors (Lipinski definition) is 3. The van der Waals surface area contributed by atoms with Crippen LogP contribution in [0, 0.1) is 0 Å². The summed E-state index contributed by atoms with van der Waals surface area (Å²) in [5.74, 6) is -0.0782. The summed E-state index contributed by atoms with van der Waals surface area (Å²) >= 11 is 0. The van der Waals surface area contributed by atoms with E-state index in [9.17, 15) is 15.0 Å². The van der Waals surface area contributed by atoms with E-state index < -0.39 is 12.1 Å². The largest absolute Gasteiger partial charge is 0.394 e.